The Balaban J connectivity index is 2.20. The van der Waals surface area contributed by atoms with E-state index in [0.29, 0.717) is 30.8 Å². The Morgan fingerprint density at radius 1 is 1.08 bits per heavy atom. The van der Waals surface area contributed by atoms with Crippen LogP contribution in [0.1, 0.15) is 50.7 Å². The standard InChI is InChI=1S/C27H39N3O5S/c1-6-17-28-27(32)25(7-2)29(20-22-13-15-24(35-4)16-14-22)26(31)12-9-18-30(36(5,33)34)23-11-8-10-21(3)19-23/h8,10-11,13-16,19,25H,6-7,9,12,17-18,20H2,1-5H3,(H,28,32)/t25-/m1/s1. The summed E-state index contributed by atoms with van der Waals surface area (Å²) in [7, 11) is -1.93. The number of nitrogens with zero attached hydrogens (tertiary/aromatic N) is 2. The summed E-state index contributed by atoms with van der Waals surface area (Å²) in [6.07, 6.45) is 2.88. The van der Waals surface area contributed by atoms with Crippen molar-refractivity contribution < 1.29 is 22.7 Å². The third kappa shape index (κ3) is 8.55. The summed E-state index contributed by atoms with van der Waals surface area (Å²) in [4.78, 5) is 27.9. The molecule has 0 fully saturated rings. The molecule has 0 bridgehead atoms. The Bertz CT molecular complexity index is 1100. The van der Waals surface area contributed by atoms with Crippen LogP contribution < -0.4 is 14.4 Å². The topological polar surface area (TPSA) is 96.0 Å². The molecule has 2 aromatic carbocycles. The quantitative estimate of drug-likeness (QED) is 0.410. The lowest BCUT2D eigenvalue weighted by Gasteiger charge is -2.31. The Morgan fingerprint density at radius 3 is 2.33 bits per heavy atom. The van der Waals surface area contributed by atoms with Crippen LogP contribution >= 0.6 is 0 Å². The monoisotopic (exact) mass is 517 g/mol. The number of rotatable bonds is 14. The summed E-state index contributed by atoms with van der Waals surface area (Å²) < 4.78 is 31.5. The van der Waals surface area contributed by atoms with E-state index in [0.717, 1.165) is 23.8 Å². The molecule has 0 radical (unpaired) electrons. The van der Waals surface area contributed by atoms with Gasteiger partial charge >= 0.3 is 0 Å². The SMILES string of the molecule is CCCNC(=O)[C@@H](CC)N(Cc1ccc(OC)cc1)C(=O)CCCN(c1cccc(C)c1)S(C)(=O)=O. The van der Waals surface area contributed by atoms with Gasteiger partial charge in [0.05, 0.1) is 19.1 Å². The molecule has 198 valence electrons. The van der Waals surface area contributed by atoms with Crippen LogP contribution in [0, 0.1) is 6.92 Å². The second kappa shape index (κ2) is 13.9. The number of carbonyl (C=O) groups is 2. The molecule has 1 atom stereocenters. The zero-order valence-corrected chi connectivity index (χ0v) is 22.8. The summed E-state index contributed by atoms with van der Waals surface area (Å²) in [6.45, 7) is 6.74. The molecule has 0 heterocycles. The molecular weight excluding hydrogens is 478 g/mol. The van der Waals surface area contributed by atoms with Crippen molar-refractivity contribution in [2.75, 3.05) is 30.8 Å². The number of ether oxygens (including phenoxy) is 1. The zero-order chi connectivity index (χ0) is 26.7. The lowest BCUT2D eigenvalue weighted by Crippen LogP contribution is -2.49. The maximum atomic E-state index is 13.4. The first-order chi connectivity index (χ1) is 17.1. The predicted molar refractivity (Wildman–Crippen MR) is 144 cm³/mol. The summed E-state index contributed by atoms with van der Waals surface area (Å²) in [5.74, 6) is 0.335. The lowest BCUT2D eigenvalue weighted by atomic mass is 10.1. The van der Waals surface area contributed by atoms with Crippen molar-refractivity contribution in [1.29, 1.82) is 0 Å². The molecule has 8 nitrogen and oxygen atoms in total. The maximum absolute atomic E-state index is 13.4. The van der Waals surface area contributed by atoms with Gasteiger partial charge in [0.15, 0.2) is 0 Å². The van der Waals surface area contributed by atoms with E-state index in [1.165, 1.54) is 4.31 Å². The Labute approximate surface area is 215 Å². The minimum absolute atomic E-state index is 0.117. The fraction of sp³-hybridized carbons (Fsp3) is 0.481. The second-order valence-corrected chi connectivity index (χ2v) is 10.8. The first-order valence-electron chi connectivity index (χ1n) is 12.3. The van der Waals surface area contributed by atoms with Gasteiger partial charge < -0.3 is 15.0 Å². The first-order valence-corrected chi connectivity index (χ1v) is 14.2. The van der Waals surface area contributed by atoms with Crippen LogP contribution in [-0.4, -0.2) is 57.6 Å². The van der Waals surface area contributed by atoms with Gasteiger partial charge in [-0.1, -0.05) is 38.1 Å². The predicted octanol–water partition coefficient (Wildman–Crippen LogP) is 3.88. The van der Waals surface area contributed by atoms with Crippen LogP contribution in [0.4, 0.5) is 5.69 Å². The minimum atomic E-state index is -3.52. The molecule has 2 amide bonds. The van der Waals surface area contributed by atoms with Crippen LogP contribution in [0.3, 0.4) is 0 Å². The fourth-order valence-corrected chi connectivity index (χ4v) is 4.96. The van der Waals surface area contributed by atoms with Crippen molar-refractivity contribution in [3.05, 3.63) is 59.7 Å². The number of hydrogen-bond acceptors (Lipinski definition) is 5. The number of aryl methyl sites for hydroxylation is 1. The van der Waals surface area contributed by atoms with Crippen molar-refractivity contribution >= 4 is 27.5 Å². The molecule has 0 aromatic heterocycles. The summed E-state index contributed by atoms with van der Waals surface area (Å²) >= 11 is 0. The number of sulfonamides is 1. The van der Waals surface area contributed by atoms with Gasteiger partial charge in [0.25, 0.3) is 0 Å². The third-order valence-corrected chi connectivity index (χ3v) is 7.08. The van der Waals surface area contributed by atoms with Gasteiger partial charge in [0.1, 0.15) is 11.8 Å². The molecule has 0 spiro atoms. The van der Waals surface area contributed by atoms with Crippen molar-refractivity contribution in [3.63, 3.8) is 0 Å². The molecule has 9 heteroatoms. The molecule has 1 N–H and O–H groups in total. The maximum Gasteiger partial charge on any atom is 0.242 e. The molecule has 0 aliphatic carbocycles. The van der Waals surface area contributed by atoms with Crippen LogP contribution in [0.2, 0.25) is 0 Å². The van der Waals surface area contributed by atoms with E-state index in [4.69, 9.17) is 4.74 Å². The summed E-state index contributed by atoms with van der Waals surface area (Å²) in [6, 6.07) is 14.0. The molecule has 0 aliphatic rings. The highest BCUT2D eigenvalue weighted by molar-refractivity contribution is 7.92. The van der Waals surface area contributed by atoms with E-state index in [-0.39, 0.29) is 31.3 Å². The second-order valence-electron chi connectivity index (χ2n) is 8.86. The molecule has 36 heavy (non-hydrogen) atoms. The average Bonchev–Trinajstić information content (AvgIpc) is 2.84. The number of methoxy groups -OCH3 is 1. The third-order valence-electron chi connectivity index (χ3n) is 5.89. The fourth-order valence-electron chi connectivity index (χ4n) is 4.00. The van der Waals surface area contributed by atoms with Gasteiger partial charge in [-0.3, -0.25) is 13.9 Å². The molecule has 2 aromatic rings. The number of carbonyl (C=O) groups excluding carboxylic acids is 2. The highest BCUT2D eigenvalue weighted by atomic mass is 32.2. The molecule has 0 aliphatic heterocycles. The minimum Gasteiger partial charge on any atom is -0.497 e. The van der Waals surface area contributed by atoms with E-state index in [2.05, 4.69) is 5.32 Å². The van der Waals surface area contributed by atoms with Gasteiger partial charge in [0, 0.05) is 26.1 Å². The molecular formula is C27H39N3O5S. The summed E-state index contributed by atoms with van der Waals surface area (Å²) in [5, 5.41) is 2.90. The number of benzene rings is 2. The molecule has 0 unspecified atom stereocenters. The van der Waals surface area contributed by atoms with E-state index in [1.807, 2.05) is 63.2 Å². The Morgan fingerprint density at radius 2 is 1.78 bits per heavy atom. The Hall–Kier alpha value is -3.07. The van der Waals surface area contributed by atoms with Crippen molar-refractivity contribution in [2.24, 2.45) is 0 Å². The van der Waals surface area contributed by atoms with Crippen LogP contribution in [0.25, 0.3) is 0 Å². The van der Waals surface area contributed by atoms with Crippen LogP contribution in [0.15, 0.2) is 48.5 Å². The van der Waals surface area contributed by atoms with Crippen LogP contribution in [0.5, 0.6) is 5.75 Å². The largest absolute Gasteiger partial charge is 0.497 e. The van der Waals surface area contributed by atoms with E-state index >= 15 is 0 Å². The molecule has 0 saturated carbocycles. The number of amides is 2. The number of nitrogens with one attached hydrogen (secondary N) is 1. The van der Waals surface area contributed by atoms with E-state index in [9.17, 15) is 18.0 Å². The highest BCUT2D eigenvalue weighted by Crippen LogP contribution is 2.21. The lowest BCUT2D eigenvalue weighted by molar-refractivity contribution is -0.141. The molecule has 0 saturated heterocycles. The van der Waals surface area contributed by atoms with Gasteiger partial charge in [-0.2, -0.15) is 0 Å². The number of hydrogen-bond donors (Lipinski definition) is 1. The normalized spacial score (nSPS) is 12.0. The van der Waals surface area contributed by atoms with Gasteiger partial charge in [-0.15, -0.1) is 0 Å². The van der Waals surface area contributed by atoms with Crippen LogP contribution in [-0.2, 0) is 26.2 Å². The first kappa shape index (κ1) is 29.2. The summed E-state index contributed by atoms with van der Waals surface area (Å²) in [5.41, 5.74) is 2.40. The van der Waals surface area contributed by atoms with Gasteiger partial charge in [-0.25, -0.2) is 8.42 Å². The average molecular weight is 518 g/mol. The van der Waals surface area contributed by atoms with Crippen molar-refractivity contribution in [3.8, 4) is 5.75 Å². The van der Waals surface area contributed by atoms with E-state index < -0.39 is 16.1 Å². The zero-order valence-electron chi connectivity index (χ0n) is 22.0. The van der Waals surface area contributed by atoms with E-state index in [1.54, 1.807) is 18.1 Å². The van der Waals surface area contributed by atoms with Gasteiger partial charge in [-0.05, 0) is 61.6 Å². The smallest absolute Gasteiger partial charge is 0.242 e. The number of anilines is 1. The molecule has 2 rings (SSSR count). The van der Waals surface area contributed by atoms with Crippen molar-refractivity contribution in [2.45, 2.75) is 59.0 Å². The highest BCUT2D eigenvalue weighted by Gasteiger charge is 2.28. The Kier molecular flexibility index (Phi) is 11.2. The van der Waals surface area contributed by atoms with Gasteiger partial charge in [0.2, 0.25) is 21.8 Å². The van der Waals surface area contributed by atoms with Crippen molar-refractivity contribution in [1.82, 2.24) is 10.2 Å².